The van der Waals surface area contributed by atoms with Crippen molar-refractivity contribution in [2.75, 3.05) is 6.54 Å². The van der Waals surface area contributed by atoms with Crippen LogP contribution in [0.4, 0.5) is 0 Å². The average Bonchev–Trinajstić information content (AvgIpc) is 2.71. The minimum absolute atomic E-state index is 0.154. The van der Waals surface area contributed by atoms with Crippen LogP contribution in [-0.2, 0) is 9.59 Å². The highest BCUT2D eigenvalue weighted by Gasteiger charge is 2.35. The van der Waals surface area contributed by atoms with E-state index in [1.54, 1.807) is 0 Å². The topological polar surface area (TPSA) is 49.4 Å². The summed E-state index contributed by atoms with van der Waals surface area (Å²) < 4.78 is 0. The molecule has 0 aromatic heterocycles. The molecule has 2 amide bonds. The summed E-state index contributed by atoms with van der Waals surface area (Å²) >= 11 is 0. The summed E-state index contributed by atoms with van der Waals surface area (Å²) in [5, 5.41) is 2.42. The van der Waals surface area contributed by atoms with Gasteiger partial charge in [0.15, 0.2) is 0 Å². The summed E-state index contributed by atoms with van der Waals surface area (Å²) in [7, 11) is 0. The number of amides is 2. The largest absolute Gasteiger partial charge is 0.359 e. The van der Waals surface area contributed by atoms with Gasteiger partial charge in [-0.25, -0.2) is 0 Å². The van der Waals surface area contributed by atoms with Gasteiger partial charge in [0.25, 0.3) is 0 Å². The van der Waals surface area contributed by atoms with Crippen molar-refractivity contribution < 1.29 is 9.59 Å². The van der Waals surface area contributed by atoms with Crippen molar-refractivity contribution in [3.63, 3.8) is 0 Å². The quantitative estimate of drug-likeness (QED) is 0.697. The van der Waals surface area contributed by atoms with Crippen LogP contribution in [-0.4, -0.2) is 29.3 Å². The number of allylic oxidation sites excluding steroid dienone is 3. The molecule has 1 unspecified atom stereocenters. The predicted octanol–water partition coefficient (Wildman–Crippen LogP) is 1.35. The molecule has 1 N–H and O–H groups in total. The lowest BCUT2D eigenvalue weighted by molar-refractivity contribution is -0.136. The van der Waals surface area contributed by atoms with E-state index in [1.165, 1.54) is 5.57 Å². The number of hydrogen-bond acceptors (Lipinski definition) is 3. The first-order chi connectivity index (χ1) is 8.17. The molecule has 0 aromatic carbocycles. The zero-order valence-corrected chi connectivity index (χ0v) is 10.3. The zero-order valence-electron chi connectivity index (χ0n) is 10.3. The summed E-state index contributed by atoms with van der Waals surface area (Å²) in [6, 6.07) is -0.184. The Kier molecular flexibility index (Phi) is 3.31. The minimum Gasteiger partial charge on any atom is -0.359 e. The molecule has 17 heavy (non-hydrogen) atoms. The Morgan fingerprint density at radius 2 is 2.00 bits per heavy atom. The Balaban J connectivity index is 2.18. The summed E-state index contributed by atoms with van der Waals surface area (Å²) in [6.45, 7) is 4.88. The fourth-order valence-electron chi connectivity index (χ4n) is 2.62. The molecule has 2 rings (SSSR count). The molecule has 2 aliphatic heterocycles. The number of rotatable bonds is 1. The van der Waals surface area contributed by atoms with Crippen molar-refractivity contribution in [3.8, 4) is 0 Å². The second-order valence-corrected chi connectivity index (χ2v) is 4.40. The highest BCUT2D eigenvalue weighted by Crippen LogP contribution is 2.31. The van der Waals surface area contributed by atoms with Gasteiger partial charge in [-0.15, -0.1) is 0 Å². The minimum atomic E-state index is -0.184. The number of carbonyl (C=O) groups is 2. The summed E-state index contributed by atoms with van der Waals surface area (Å²) in [5.74, 6) is -0.309. The van der Waals surface area contributed by atoms with Gasteiger partial charge in [-0.1, -0.05) is 12.2 Å². The van der Waals surface area contributed by atoms with Crippen LogP contribution in [0.25, 0.3) is 0 Å². The van der Waals surface area contributed by atoms with Gasteiger partial charge in [0.05, 0.1) is 0 Å². The summed E-state index contributed by atoms with van der Waals surface area (Å²) in [4.78, 5) is 25.1. The fraction of sp³-hybridized carbons (Fsp3) is 0.538. The van der Waals surface area contributed by atoms with E-state index in [9.17, 15) is 9.59 Å². The van der Waals surface area contributed by atoms with E-state index in [0.29, 0.717) is 12.8 Å². The van der Waals surface area contributed by atoms with Crippen LogP contribution in [0.3, 0.4) is 0 Å². The number of piperidine rings is 1. The number of carbonyl (C=O) groups excluding carboxylic acids is 2. The summed E-state index contributed by atoms with van der Waals surface area (Å²) in [6.07, 6.45) is 6.19. The predicted molar refractivity (Wildman–Crippen MR) is 65.0 cm³/mol. The number of hydrogen-bond donors (Lipinski definition) is 1. The van der Waals surface area contributed by atoms with Crippen molar-refractivity contribution in [2.24, 2.45) is 0 Å². The normalized spacial score (nSPS) is 30.2. The van der Waals surface area contributed by atoms with Gasteiger partial charge in [0, 0.05) is 18.7 Å². The van der Waals surface area contributed by atoms with Crippen molar-refractivity contribution in [2.45, 2.75) is 39.2 Å². The van der Waals surface area contributed by atoms with Crippen molar-refractivity contribution in [1.29, 1.82) is 0 Å². The number of nitrogens with zero attached hydrogens (tertiary/aromatic N) is 1. The van der Waals surface area contributed by atoms with Gasteiger partial charge in [0.1, 0.15) is 6.04 Å². The maximum Gasteiger partial charge on any atom is 0.249 e. The smallest absolute Gasteiger partial charge is 0.249 e. The second kappa shape index (κ2) is 4.73. The van der Waals surface area contributed by atoms with Gasteiger partial charge in [-0.05, 0) is 32.3 Å². The molecule has 4 heteroatoms. The van der Waals surface area contributed by atoms with Gasteiger partial charge >= 0.3 is 0 Å². The van der Waals surface area contributed by atoms with Crippen molar-refractivity contribution in [1.82, 2.24) is 10.2 Å². The lowest BCUT2D eigenvalue weighted by atomic mass is 10.0. The highest BCUT2D eigenvalue weighted by molar-refractivity contribution is 6.00. The zero-order chi connectivity index (χ0) is 12.4. The molecule has 0 bridgehead atoms. The van der Waals surface area contributed by atoms with E-state index in [0.717, 1.165) is 18.7 Å². The van der Waals surface area contributed by atoms with E-state index in [4.69, 9.17) is 0 Å². The van der Waals surface area contributed by atoms with E-state index >= 15 is 0 Å². The number of imide groups is 1. The second-order valence-electron chi connectivity index (χ2n) is 4.40. The maximum atomic E-state index is 11.8. The molecular weight excluding hydrogens is 216 g/mol. The Bertz CT molecular complexity index is 410. The standard InChI is InChI=1S/C13H18N2O2/c1-3-9-7-8-15(10(9)4-2)11-5-6-12(16)14-13(11)17/h3-4,11H,5-8H2,1-2H3,(H,14,16,17)/b9-3-,10-4+. The Hall–Kier alpha value is -1.58. The van der Waals surface area contributed by atoms with Crippen molar-refractivity contribution in [3.05, 3.63) is 23.4 Å². The van der Waals surface area contributed by atoms with E-state index in [-0.39, 0.29) is 17.9 Å². The molecular formula is C13H18N2O2. The molecule has 0 spiro atoms. The third-order valence-electron chi connectivity index (χ3n) is 3.47. The molecule has 2 heterocycles. The van der Waals surface area contributed by atoms with E-state index in [2.05, 4.69) is 16.3 Å². The highest BCUT2D eigenvalue weighted by atomic mass is 16.2. The molecule has 0 saturated carbocycles. The van der Waals surface area contributed by atoms with Crippen LogP contribution in [0, 0.1) is 0 Å². The molecule has 0 aromatic rings. The van der Waals surface area contributed by atoms with Gasteiger partial charge in [-0.2, -0.15) is 0 Å². The molecule has 2 fully saturated rings. The lowest BCUT2D eigenvalue weighted by Gasteiger charge is -2.32. The van der Waals surface area contributed by atoms with Gasteiger partial charge in [0.2, 0.25) is 11.8 Å². The molecule has 0 radical (unpaired) electrons. The van der Waals surface area contributed by atoms with Gasteiger partial charge < -0.3 is 4.90 Å². The fourth-order valence-corrected chi connectivity index (χ4v) is 2.62. The molecule has 0 aliphatic carbocycles. The monoisotopic (exact) mass is 234 g/mol. The molecule has 92 valence electrons. The van der Waals surface area contributed by atoms with Crippen LogP contribution in [0.2, 0.25) is 0 Å². The number of likely N-dealkylation sites (tertiary alicyclic amines) is 1. The first kappa shape index (κ1) is 11.9. The van der Waals surface area contributed by atoms with Crippen LogP contribution in [0.15, 0.2) is 23.4 Å². The lowest BCUT2D eigenvalue weighted by Crippen LogP contribution is -2.51. The first-order valence-corrected chi connectivity index (χ1v) is 6.09. The SMILES string of the molecule is C/C=C1/CCN(C2CCC(=O)NC2=O)/C1=C/C. The first-order valence-electron chi connectivity index (χ1n) is 6.09. The van der Waals surface area contributed by atoms with Gasteiger partial charge in [-0.3, -0.25) is 14.9 Å². The average molecular weight is 234 g/mol. The third-order valence-corrected chi connectivity index (χ3v) is 3.47. The van der Waals surface area contributed by atoms with Crippen LogP contribution in [0.1, 0.15) is 33.1 Å². The van der Waals surface area contributed by atoms with E-state index in [1.807, 2.05) is 19.9 Å². The van der Waals surface area contributed by atoms with Crippen molar-refractivity contribution >= 4 is 11.8 Å². The number of nitrogens with one attached hydrogen (secondary N) is 1. The molecule has 1 atom stereocenters. The molecule has 2 aliphatic rings. The molecule has 4 nitrogen and oxygen atoms in total. The Morgan fingerprint density at radius 1 is 1.24 bits per heavy atom. The third kappa shape index (κ3) is 2.12. The maximum absolute atomic E-state index is 11.8. The Morgan fingerprint density at radius 3 is 2.59 bits per heavy atom. The summed E-state index contributed by atoms with van der Waals surface area (Å²) in [5.41, 5.74) is 2.43. The van der Waals surface area contributed by atoms with Crippen LogP contribution < -0.4 is 5.32 Å². The Labute approximate surface area is 101 Å². The molecule has 2 saturated heterocycles. The van der Waals surface area contributed by atoms with Crippen LogP contribution in [0.5, 0.6) is 0 Å². The van der Waals surface area contributed by atoms with Crippen LogP contribution >= 0.6 is 0 Å². The van der Waals surface area contributed by atoms with E-state index < -0.39 is 0 Å².